The third-order valence-corrected chi connectivity index (χ3v) is 3.27. The lowest BCUT2D eigenvalue weighted by atomic mass is 10.3. The van der Waals surface area contributed by atoms with Crippen LogP contribution in [0.5, 0.6) is 0 Å². The van der Waals surface area contributed by atoms with E-state index in [0.717, 1.165) is 0 Å². The number of nitrogen functional groups attached to an aromatic ring is 1. The van der Waals surface area contributed by atoms with Crippen molar-refractivity contribution in [1.82, 2.24) is 5.16 Å². The summed E-state index contributed by atoms with van der Waals surface area (Å²) in [5.74, 6) is 0. The van der Waals surface area contributed by atoms with Crippen LogP contribution >= 0.6 is 0 Å². The van der Waals surface area contributed by atoms with Crippen LogP contribution in [0.2, 0.25) is 0 Å². The summed E-state index contributed by atoms with van der Waals surface area (Å²) in [6, 6.07) is 5.88. The van der Waals surface area contributed by atoms with Crippen molar-refractivity contribution in [3.8, 4) is 0 Å². The Balaban J connectivity index is 2.29. The fourth-order valence-corrected chi connectivity index (χ4v) is 2.14. The minimum Gasteiger partial charge on any atom is -0.399 e. The van der Waals surface area contributed by atoms with Crippen molar-refractivity contribution >= 4 is 21.4 Å². The number of nitrogens with two attached hydrogens (primary N) is 1. The van der Waals surface area contributed by atoms with Crippen LogP contribution in [0.15, 0.2) is 46.1 Å². The van der Waals surface area contributed by atoms with Crippen LogP contribution in [0, 0.1) is 0 Å². The van der Waals surface area contributed by atoms with Crippen molar-refractivity contribution in [2.24, 2.45) is 0 Å². The lowest BCUT2D eigenvalue weighted by molar-refractivity contribution is 0.420. The normalized spacial score (nSPS) is 11.2. The summed E-state index contributed by atoms with van der Waals surface area (Å²) in [6.07, 6.45) is 2.48. The molecule has 2 rings (SSSR count). The SMILES string of the molecule is Nc1ccc(S(=O)(=O)Nc2cnoc2)cc1. The van der Waals surface area contributed by atoms with Crippen LogP contribution in [0.1, 0.15) is 0 Å². The molecule has 0 aliphatic carbocycles. The highest BCUT2D eigenvalue weighted by Gasteiger charge is 2.14. The Hall–Kier alpha value is -2.02. The van der Waals surface area contributed by atoms with Gasteiger partial charge < -0.3 is 10.3 Å². The molecule has 7 heteroatoms. The Morgan fingerprint density at radius 1 is 1.25 bits per heavy atom. The van der Waals surface area contributed by atoms with Crippen LogP contribution in [0.25, 0.3) is 0 Å². The summed E-state index contributed by atoms with van der Waals surface area (Å²) in [7, 11) is -3.61. The third kappa shape index (κ3) is 2.14. The van der Waals surface area contributed by atoms with E-state index < -0.39 is 10.0 Å². The van der Waals surface area contributed by atoms with Gasteiger partial charge in [-0.25, -0.2) is 8.42 Å². The molecule has 0 aliphatic rings. The summed E-state index contributed by atoms with van der Waals surface area (Å²) < 4.78 is 30.4. The molecule has 1 aromatic heterocycles. The second kappa shape index (κ2) is 3.86. The monoisotopic (exact) mass is 239 g/mol. The Labute approximate surface area is 92.1 Å². The smallest absolute Gasteiger partial charge is 0.262 e. The predicted octanol–water partition coefficient (Wildman–Crippen LogP) is 1.06. The molecule has 2 aromatic rings. The van der Waals surface area contributed by atoms with Crippen molar-refractivity contribution in [1.29, 1.82) is 0 Å². The number of aromatic nitrogens is 1. The zero-order valence-corrected chi connectivity index (χ0v) is 8.94. The van der Waals surface area contributed by atoms with Gasteiger partial charge in [0.2, 0.25) is 0 Å². The Kier molecular flexibility index (Phi) is 2.53. The van der Waals surface area contributed by atoms with Crippen LogP contribution < -0.4 is 10.5 Å². The Morgan fingerprint density at radius 3 is 2.50 bits per heavy atom. The van der Waals surface area contributed by atoms with Crippen molar-refractivity contribution in [3.63, 3.8) is 0 Å². The minimum atomic E-state index is -3.61. The average molecular weight is 239 g/mol. The number of nitrogens with one attached hydrogen (secondary N) is 1. The molecule has 1 aromatic carbocycles. The molecule has 84 valence electrons. The van der Waals surface area contributed by atoms with Crippen LogP contribution in [-0.4, -0.2) is 13.6 Å². The molecule has 0 fully saturated rings. The standard InChI is InChI=1S/C9H9N3O3S/c10-7-1-3-9(4-2-7)16(13,14)12-8-5-11-15-6-8/h1-6,12H,10H2. The van der Waals surface area contributed by atoms with Gasteiger partial charge in [-0.15, -0.1) is 0 Å². The quantitative estimate of drug-likeness (QED) is 0.780. The first kappa shape index (κ1) is 10.5. The summed E-state index contributed by atoms with van der Waals surface area (Å²) in [5.41, 5.74) is 6.24. The average Bonchev–Trinajstić information content (AvgIpc) is 2.70. The van der Waals surface area contributed by atoms with Gasteiger partial charge in [-0.3, -0.25) is 4.72 Å². The molecule has 0 atom stereocenters. The number of nitrogens with zero attached hydrogens (tertiary/aromatic N) is 1. The van der Waals surface area contributed by atoms with Crippen molar-refractivity contribution in [2.45, 2.75) is 4.90 Å². The number of benzene rings is 1. The van der Waals surface area contributed by atoms with E-state index in [1.165, 1.54) is 36.7 Å². The minimum absolute atomic E-state index is 0.128. The van der Waals surface area contributed by atoms with Gasteiger partial charge >= 0.3 is 0 Å². The molecule has 0 saturated carbocycles. The van der Waals surface area contributed by atoms with Crippen LogP contribution in [-0.2, 0) is 10.0 Å². The second-order valence-corrected chi connectivity index (χ2v) is 4.77. The topological polar surface area (TPSA) is 98.2 Å². The first-order valence-electron chi connectivity index (χ1n) is 4.36. The summed E-state index contributed by atoms with van der Waals surface area (Å²) >= 11 is 0. The Morgan fingerprint density at radius 2 is 1.94 bits per heavy atom. The maximum Gasteiger partial charge on any atom is 0.262 e. The molecular weight excluding hydrogens is 230 g/mol. The van der Waals surface area contributed by atoms with E-state index in [4.69, 9.17) is 5.73 Å². The summed E-state index contributed by atoms with van der Waals surface area (Å²) in [6.45, 7) is 0. The van der Waals surface area contributed by atoms with Crippen LogP contribution in [0.4, 0.5) is 11.4 Å². The molecule has 0 spiro atoms. The highest BCUT2D eigenvalue weighted by molar-refractivity contribution is 7.92. The van der Waals surface area contributed by atoms with Gasteiger partial charge in [-0.05, 0) is 24.3 Å². The molecule has 16 heavy (non-hydrogen) atoms. The first-order chi connectivity index (χ1) is 7.58. The van der Waals surface area contributed by atoms with Gasteiger partial charge in [0.25, 0.3) is 10.0 Å². The van der Waals surface area contributed by atoms with Gasteiger partial charge in [0.1, 0.15) is 12.0 Å². The maximum absolute atomic E-state index is 11.8. The highest BCUT2D eigenvalue weighted by Crippen LogP contribution is 2.16. The van der Waals surface area contributed by atoms with E-state index in [1.54, 1.807) is 0 Å². The summed E-state index contributed by atoms with van der Waals surface area (Å²) in [5, 5.41) is 3.39. The summed E-state index contributed by atoms with van der Waals surface area (Å²) in [4.78, 5) is 0.128. The van der Waals surface area contributed by atoms with E-state index in [2.05, 4.69) is 14.4 Å². The molecule has 0 saturated heterocycles. The third-order valence-electron chi connectivity index (χ3n) is 1.87. The molecule has 1 heterocycles. The van der Waals surface area contributed by atoms with Crippen molar-refractivity contribution < 1.29 is 12.9 Å². The van der Waals surface area contributed by atoms with Crippen molar-refractivity contribution in [2.75, 3.05) is 10.5 Å². The number of hydrogen-bond donors (Lipinski definition) is 2. The van der Waals surface area contributed by atoms with Gasteiger partial charge in [0, 0.05) is 5.69 Å². The number of sulfonamides is 1. The number of rotatable bonds is 3. The lowest BCUT2D eigenvalue weighted by Gasteiger charge is -2.05. The molecule has 0 radical (unpaired) electrons. The number of hydrogen-bond acceptors (Lipinski definition) is 5. The van der Waals surface area contributed by atoms with E-state index in [0.29, 0.717) is 5.69 Å². The Bertz CT molecular complexity index is 561. The fraction of sp³-hybridized carbons (Fsp3) is 0. The van der Waals surface area contributed by atoms with Crippen LogP contribution in [0.3, 0.4) is 0 Å². The van der Waals surface area contributed by atoms with E-state index in [-0.39, 0.29) is 10.6 Å². The predicted molar refractivity (Wildman–Crippen MR) is 58.2 cm³/mol. The zero-order valence-electron chi connectivity index (χ0n) is 8.12. The molecule has 0 unspecified atom stereocenters. The van der Waals surface area contributed by atoms with E-state index in [1.807, 2.05) is 0 Å². The molecule has 0 bridgehead atoms. The second-order valence-electron chi connectivity index (χ2n) is 3.09. The molecular formula is C9H9N3O3S. The highest BCUT2D eigenvalue weighted by atomic mass is 32.2. The first-order valence-corrected chi connectivity index (χ1v) is 5.84. The zero-order chi connectivity index (χ0) is 11.6. The maximum atomic E-state index is 11.8. The fourth-order valence-electron chi connectivity index (χ4n) is 1.12. The van der Waals surface area contributed by atoms with E-state index >= 15 is 0 Å². The number of anilines is 2. The molecule has 0 aliphatic heterocycles. The molecule has 3 N–H and O–H groups in total. The van der Waals surface area contributed by atoms with E-state index in [9.17, 15) is 8.42 Å². The molecule has 0 amide bonds. The van der Waals surface area contributed by atoms with Gasteiger partial charge in [-0.2, -0.15) is 0 Å². The van der Waals surface area contributed by atoms with Gasteiger partial charge in [0.05, 0.1) is 11.1 Å². The van der Waals surface area contributed by atoms with Crippen molar-refractivity contribution in [3.05, 3.63) is 36.7 Å². The lowest BCUT2D eigenvalue weighted by Crippen LogP contribution is -2.12. The largest absolute Gasteiger partial charge is 0.399 e. The van der Waals surface area contributed by atoms with Gasteiger partial charge in [-0.1, -0.05) is 5.16 Å². The van der Waals surface area contributed by atoms with Gasteiger partial charge in [0.15, 0.2) is 0 Å². The molecule has 6 nitrogen and oxygen atoms in total.